The first-order valence-electron chi connectivity index (χ1n) is 6.89. The highest BCUT2D eigenvalue weighted by Gasteiger charge is 2.33. The Morgan fingerprint density at radius 1 is 1.55 bits per heavy atom. The molecule has 1 aliphatic rings. The molecule has 1 aliphatic carbocycles. The number of halogens is 3. The highest BCUT2D eigenvalue weighted by molar-refractivity contribution is 9.10. The van der Waals surface area contributed by atoms with E-state index in [4.69, 9.17) is 0 Å². The van der Waals surface area contributed by atoms with Crippen molar-refractivity contribution in [3.05, 3.63) is 33.0 Å². The normalized spacial score (nSPS) is 17.0. The van der Waals surface area contributed by atoms with Crippen molar-refractivity contribution in [2.24, 2.45) is 5.92 Å². The van der Waals surface area contributed by atoms with E-state index in [0.717, 1.165) is 19.0 Å². The molecule has 2 aromatic rings. The molecule has 0 aromatic carbocycles. The van der Waals surface area contributed by atoms with E-state index in [-0.39, 0.29) is 35.0 Å². The maximum atomic E-state index is 13.3. The van der Waals surface area contributed by atoms with Crippen LogP contribution in [0.3, 0.4) is 0 Å². The molecule has 0 spiro atoms. The van der Waals surface area contributed by atoms with E-state index >= 15 is 0 Å². The van der Waals surface area contributed by atoms with Gasteiger partial charge in [-0.05, 0) is 34.7 Å². The summed E-state index contributed by atoms with van der Waals surface area (Å²) in [5, 5.41) is 9.68. The number of aliphatic hydroxyl groups excluding tert-OH is 1. The third-order valence-electron chi connectivity index (χ3n) is 3.84. The summed E-state index contributed by atoms with van der Waals surface area (Å²) in [4.78, 5) is 20.0. The summed E-state index contributed by atoms with van der Waals surface area (Å²) in [6, 6.07) is -0.305. The zero-order chi connectivity index (χ0) is 16.1. The molecule has 0 aliphatic heterocycles. The molecule has 8 heteroatoms. The Morgan fingerprint density at radius 2 is 2.23 bits per heavy atom. The van der Waals surface area contributed by atoms with Crippen molar-refractivity contribution in [1.29, 1.82) is 0 Å². The molecule has 118 valence electrons. The van der Waals surface area contributed by atoms with Gasteiger partial charge in [0.2, 0.25) is 0 Å². The fourth-order valence-corrected chi connectivity index (χ4v) is 3.03. The monoisotopic (exact) mass is 373 g/mol. The van der Waals surface area contributed by atoms with Crippen LogP contribution in [0.1, 0.15) is 31.6 Å². The van der Waals surface area contributed by atoms with Crippen LogP contribution < -0.4 is 5.56 Å². The van der Waals surface area contributed by atoms with Crippen molar-refractivity contribution in [3.8, 4) is 0 Å². The number of aliphatic hydroxyl groups is 1. The maximum absolute atomic E-state index is 13.3. The predicted octanol–water partition coefficient (Wildman–Crippen LogP) is 2.61. The van der Waals surface area contributed by atoms with Crippen molar-refractivity contribution in [1.82, 2.24) is 14.5 Å². The fraction of sp³-hybridized carbons (Fsp3) is 0.500. The van der Waals surface area contributed by atoms with Gasteiger partial charge in [0.15, 0.2) is 5.82 Å². The van der Waals surface area contributed by atoms with E-state index in [9.17, 15) is 18.7 Å². The molecule has 2 aromatic heterocycles. The van der Waals surface area contributed by atoms with Crippen LogP contribution in [0.15, 0.2) is 21.7 Å². The zero-order valence-corrected chi connectivity index (χ0v) is 13.3. The Morgan fingerprint density at radius 3 is 2.77 bits per heavy atom. The molecule has 1 unspecified atom stereocenters. The number of rotatable bonds is 4. The van der Waals surface area contributed by atoms with Crippen LogP contribution in [-0.2, 0) is 5.92 Å². The molecule has 1 atom stereocenters. The third-order valence-corrected chi connectivity index (χ3v) is 4.42. The lowest BCUT2D eigenvalue weighted by molar-refractivity contribution is 0.00805. The minimum absolute atomic E-state index is 0.144. The molecule has 1 N–H and O–H groups in total. The van der Waals surface area contributed by atoms with Gasteiger partial charge in [-0.25, -0.2) is 9.97 Å². The van der Waals surface area contributed by atoms with Gasteiger partial charge in [0.05, 0.1) is 28.0 Å². The Hall–Kier alpha value is -1.41. The summed E-state index contributed by atoms with van der Waals surface area (Å²) >= 11 is 3.27. The first-order valence-corrected chi connectivity index (χ1v) is 7.68. The van der Waals surface area contributed by atoms with E-state index < -0.39 is 11.7 Å². The Labute approximate surface area is 133 Å². The molecular weight excluding hydrogens is 360 g/mol. The number of fused-ring (bicyclic) bond motifs is 1. The summed E-state index contributed by atoms with van der Waals surface area (Å²) in [5.41, 5.74) is -0.226. The van der Waals surface area contributed by atoms with Crippen molar-refractivity contribution < 1.29 is 13.9 Å². The van der Waals surface area contributed by atoms with E-state index in [1.165, 1.54) is 10.8 Å². The molecule has 0 radical (unpaired) electrons. The summed E-state index contributed by atoms with van der Waals surface area (Å²) in [7, 11) is 0. The molecular formula is C14H14BrF2N3O2. The van der Waals surface area contributed by atoms with Gasteiger partial charge in [-0.3, -0.25) is 4.79 Å². The molecule has 22 heavy (non-hydrogen) atoms. The quantitative estimate of drug-likeness (QED) is 0.894. The highest BCUT2D eigenvalue weighted by atomic mass is 79.9. The maximum Gasteiger partial charge on any atom is 0.303 e. The van der Waals surface area contributed by atoms with Gasteiger partial charge in [-0.2, -0.15) is 8.78 Å². The predicted molar refractivity (Wildman–Crippen MR) is 79.9 cm³/mol. The first kappa shape index (κ1) is 15.5. The molecule has 0 amide bonds. The van der Waals surface area contributed by atoms with Gasteiger partial charge in [0, 0.05) is 19.3 Å². The van der Waals surface area contributed by atoms with Crippen molar-refractivity contribution >= 4 is 26.8 Å². The second-order valence-corrected chi connectivity index (χ2v) is 6.48. The fourth-order valence-electron chi connectivity index (χ4n) is 2.50. The second-order valence-electron chi connectivity index (χ2n) is 5.62. The van der Waals surface area contributed by atoms with Crippen LogP contribution >= 0.6 is 15.9 Å². The summed E-state index contributed by atoms with van der Waals surface area (Å²) < 4.78 is 28.5. The van der Waals surface area contributed by atoms with Crippen LogP contribution in [0.2, 0.25) is 0 Å². The lowest BCUT2D eigenvalue weighted by Crippen LogP contribution is -2.28. The molecule has 0 bridgehead atoms. The Kier molecular flexibility index (Phi) is 3.76. The molecule has 5 nitrogen and oxygen atoms in total. The molecule has 2 heterocycles. The van der Waals surface area contributed by atoms with E-state index in [1.807, 2.05) is 0 Å². The lowest BCUT2D eigenvalue weighted by Gasteiger charge is -2.18. The van der Waals surface area contributed by atoms with Crippen LogP contribution in [-0.4, -0.2) is 26.2 Å². The van der Waals surface area contributed by atoms with Crippen molar-refractivity contribution in [3.63, 3.8) is 0 Å². The Balaban J connectivity index is 2.20. The van der Waals surface area contributed by atoms with Crippen LogP contribution in [0.25, 0.3) is 10.9 Å². The number of alkyl halides is 2. The topological polar surface area (TPSA) is 68.0 Å². The van der Waals surface area contributed by atoms with Gasteiger partial charge in [-0.1, -0.05) is 0 Å². The second kappa shape index (κ2) is 5.34. The number of hydrogen-bond acceptors (Lipinski definition) is 4. The summed E-state index contributed by atoms with van der Waals surface area (Å²) in [5.74, 6) is -3.53. The first-order chi connectivity index (χ1) is 10.3. The van der Waals surface area contributed by atoms with Crippen LogP contribution in [0.4, 0.5) is 8.78 Å². The minimum atomic E-state index is -3.18. The van der Waals surface area contributed by atoms with Crippen LogP contribution in [0.5, 0.6) is 0 Å². The lowest BCUT2D eigenvalue weighted by atomic mass is 10.2. The van der Waals surface area contributed by atoms with Gasteiger partial charge in [-0.15, -0.1) is 0 Å². The third kappa shape index (κ3) is 2.65. The van der Waals surface area contributed by atoms with Gasteiger partial charge >= 0.3 is 5.92 Å². The highest BCUT2D eigenvalue weighted by Crippen LogP contribution is 2.39. The molecule has 3 rings (SSSR count). The molecule has 1 fully saturated rings. The summed E-state index contributed by atoms with van der Waals surface area (Å²) in [6.07, 6.45) is 4.56. The number of hydrogen-bond donors (Lipinski definition) is 1. The average Bonchev–Trinajstić information content (AvgIpc) is 3.28. The van der Waals surface area contributed by atoms with Gasteiger partial charge in [0.25, 0.3) is 5.56 Å². The standard InChI is InChI=1S/C14H14BrF2N3O2/c1-14(16,17)13-18-4-8-11(19-13)9(15)5-20(12(8)22)10(6-21)7-2-3-7/h4-5,7,10,21H,2-3,6H2,1H3. The Bertz CT molecular complexity index is 784. The van der Waals surface area contributed by atoms with E-state index in [0.29, 0.717) is 11.4 Å². The number of nitrogens with zero attached hydrogens (tertiary/aromatic N) is 3. The van der Waals surface area contributed by atoms with E-state index in [1.54, 1.807) is 0 Å². The minimum Gasteiger partial charge on any atom is -0.394 e. The van der Waals surface area contributed by atoms with E-state index in [2.05, 4.69) is 25.9 Å². The van der Waals surface area contributed by atoms with Gasteiger partial charge in [0.1, 0.15) is 0 Å². The SMILES string of the molecule is CC(F)(F)c1ncc2c(=O)n(C(CO)C3CC3)cc(Br)c2n1. The zero-order valence-electron chi connectivity index (χ0n) is 11.8. The summed E-state index contributed by atoms with van der Waals surface area (Å²) in [6.45, 7) is 0.562. The average molecular weight is 374 g/mol. The van der Waals surface area contributed by atoms with Crippen molar-refractivity contribution in [2.75, 3.05) is 6.61 Å². The number of aromatic nitrogens is 3. The van der Waals surface area contributed by atoms with Gasteiger partial charge < -0.3 is 9.67 Å². The van der Waals surface area contributed by atoms with Crippen LogP contribution in [0, 0.1) is 5.92 Å². The smallest absolute Gasteiger partial charge is 0.303 e. The largest absolute Gasteiger partial charge is 0.394 e. The molecule has 0 saturated heterocycles. The number of pyridine rings is 1. The van der Waals surface area contributed by atoms with Crippen molar-refractivity contribution in [2.45, 2.75) is 31.7 Å². The molecule has 1 saturated carbocycles.